The number of benzene rings is 2. The van der Waals surface area contributed by atoms with Crippen LogP contribution in [0.2, 0.25) is 0 Å². The number of nitrogens with zero attached hydrogens (tertiary/aromatic N) is 1. The number of para-hydroxylation sites is 2. The number of allylic oxidation sites excluding steroid dienone is 2. The second-order valence-electron chi connectivity index (χ2n) is 7.46. The van der Waals surface area contributed by atoms with E-state index in [1.54, 1.807) is 13.8 Å². The number of fused-ring (bicyclic) bond motifs is 1. The number of aryl methyl sites for hydroxylation is 1. The Bertz CT molecular complexity index is 1160. The Morgan fingerprint density at radius 2 is 1.72 bits per heavy atom. The highest BCUT2D eigenvalue weighted by molar-refractivity contribution is 6.00. The van der Waals surface area contributed by atoms with Crippen molar-refractivity contribution in [3.63, 3.8) is 0 Å². The second kappa shape index (κ2) is 10.4. The largest absolute Gasteiger partial charge is 0.454 e. The molecule has 0 atom stereocenters. The quantitative estimate of drug-likeness (QED) is 0.348. The summed E-state index contributed by atoms with van der Waals surface area (Å²) in [5.74, 6) is -0.991. The van der Waals surface area contributed by atoms with Crippen LogP contribution < -0.4 is 10.6 Å². The van der Waals surface area contributed by atoms with E-state index >= 15 is 0 Å². The maximum Gasteiger partial charge on any atom is 0.326 e. The third-order valence-corrected chi connectivity index (χ3v) is 5.03. The summed E-state index contributed by atoms with van der Waals surface area (Å²) < 4.78 is 7.13. The van der Waals surface area contributed by atoms with Crippen molar-refractivity contribution in [2.75, 3.05) is 11.9 Å². The van der Waals surface area contributed by atoms with Crippen molar-refractivity contribution in [2.45, 2.75) is 33.7 Å². The number of amides is 1. The van der Waals surface area contributed by atoms with Gasteiger partial charge >= 0.3 is 5.97 Å². The third kappa shape index (κ3) is 5.63. The molecule has 0 unspecified atom stereocenters. The first kappa shape index (κ1) is 22.8. The zero-order valence-corrected chi connectivity index (χ0v) is 18.6. The Labute approximate surface area is 187 Å². The van der Waals surface area contributed by atoms with Crippen LogP contribution in [0.15, 0.2) is 72.1 Å². The van der Waals surface area contributed by atoms with E-state index in [0.717, 1.165) is 28.7 Å². The number of ether oxygens (including phenoxy) is 1. The topological polar surface area (TPSA) is 96.2 Å². The highest BCUT2D eigenvalue weighted by Crippen LogP contribution is 2.20. The number of nitrogens with one attached hydrogen (secondary N) is 3. The number of carbonyl (C=O) groups is 2. The number of hydrogen-bond donors (Lipinski definition) is 3. The van der Waals surface area contributed by atoms with Gasteiger partial charge in [-0.05, 0) is 49.9 Å². The third-order valence-electron chi connectivity index (χ3n) is 5.03. The van der Waals surface area contributed by atoms with Gasteiger partial charge in [-0.1, -0.05) is 43.3 Å². The zero-order chi connectivity index (χ0) is 23.1. The van der Waals surface area contributed by atoms with Crippen LogP contribution in [0.5, 0.6) is 0 Å². The van der Waals surface area contributed by atoms with Crippen molar-refractivity contribution in [2.24, 2.45) is 0 Å². The molecule has 7 heteroatoms. The second-order valence-corrected chi connectivity index (χ2v) is 7.46. The fourth-order valence-corrected chi connectivity index (χ4v) is 3.51. The van der Waals surface area contributed by atoms with Gasteiger partial charge < -0.3 is 25.3 Å². The van der Waals surface area contributed by atoms with Gasteiger partial charge in [0.2, 0.25) is 0 Å². The van der Waals surface area contributed by atoms with E-state index in [1.165, 1.54) is 0 Å². The van der Waals surface area contributed by atoms with Gasteiger partial charge in [0.15, 0.2) is 6.61 Å². The van der Waals surface area contributed by atoms with Gasteiger partial charge in [0.25, 0.3) is 5.91 Å². The van der Waals surface area contributed by atoms with E-state index in [-0.39, 0.29) is 12.3 Å². The fourth-order valence-electron chi connectivity index (χ4n) is 3.51. The maximum atomic E-state index is 12.4. The Morgan fingerprint density at radius 3 is 2.41 bits per heavy atom. The van der Waals surface area contributed by atoms with Crippen molar-refractivity contribution in [3.05, 3.63) is 77.8 Å². The van der Waals surface area contributed by atoms with Crippen LogP contribution in [0.3, 0.4) is 0 Å². The summed E-state index contributed by atoms with van der Waals surface area (Å²) in [7, 11) is 0. The van der Waals surface area contributed by atoms with E-state index in [9.17, 15) is 9.59 Å². The monoisotopic (exact) mass is 432 g/mol. The first-order chi connectivity index (χ1) is 15.4. The maximum absolute atomic E-state index is 12.4. The molecule has 0 spiro atoms. The summed E-state index contributed by atoms with van der Waals surface area (Å²) >= 11 is 0. The average molecular weight is 433 g/mol. The van der Waals surface area contributed by atoms with Gasteiger partial charge in [0.05, 0.1) is 11.4 Å². The Kier molecular flexibility index (Phi) is 7.44. The molecule has 0 aliphatic carbocycles. The van der Waals surface area contributed by atoms with E-state index in [4.69, 9.17) is 10.1 Å². The number of esters is 1. The normalized spacial score (nSPS) is 11.6. The van der Waals surface area contributed by atoms with Crippen molar-refractivity contribution >= 4 is 34.2 Å². The van der Waals surface area contributed by atoms with E-state index in [2.05, 4.69) is 16.7 Å². The van der Waals surface area contributed by atoms with Crippen molar-refractivity contribution in [1.82, 2.24) is 9.88 Å². The van der Waals surface area contributed by atoms with Gasteiger partial charge in [-0.15, -0.1) is 0 Å². The van der Waals surface area contributed by atoms with Gasteiger partial charge in [-0.2, -0.15) is 0 Å². The molecular weight excluding hydrogens is 404 g/mol. The van der Waals surface area contributed by atoms with Crippen LogP contribution in [-0.2, 0) is 27.3 Å². The minimum Gasteiger partial charge on any atom is -0.454 e. The first-order valence-corrected chi connectivity index (χ1v) is 10.5. The summed E-state index contributed by atoms with van der Waals surface area (Å²) in [6.45, 7) is 5.00. The highest BCUT2D eigenvalue weighted by Gasteiger charge is 2.15. The molecule has 0 aliphatic heterocycles. The molecule has 1 aromatic heterocycles. The molecule has 0 bridgehead atoms. The van der Waals surface area contributed by atoms with E-state index in [1.807, 2.05) is 66.1 Å². The van der Waals surface area contributed by atoms with Crippen molar-refractivity contribution in [3.8, 4) is 0 Å². The molecule has 1 amide bonds. The SMILES string of the molecule is CCc1cc2ccccc2n1CC(=O)OCC(=O)N/C(C(C)=N)=C(\C)Nc1ccccc1. The summed E-state index contributed by atoms with van der Waals surface area (Å²) in [5.41, 5.74) is 3.99. The minimum atomic E-state index is -0.498. The van der Waals surface area contributed by atoms with Crippen molar-refractivity contribution in [1.29, 1.82) is 5.41 Å². The van der Waals surface area contributed by atoms with Gasteiger partial charge in [0.1, 0.15) is 6.54 Å². The number of anilines is 1. The van der Waals surface area contributed by atoms with E-state index < -0.39 is 18.5 Å². The highest BCUT2D eigenvalue weighted by atomic mass is 16.5. The lowest BCUT2D eigenvalue weighted by Crippen LogP contribution is -2.32. The molecule has 2 aromatic carbocycles. The lowest BCUT2D eigenvalue weighted by atomic mass is 10.2. The molecule has 0 radical (unpaired) electrons. The van der Waals surface area contributed by atoms with Gasteiger partial charge in [0, 0.05) is 22.6 Å². The smallest absolute Gasteiger partial charge is 0.326 e. The van der Waals surface area contributed by atoms with Crippen LogP contribution in [0, 0.1) is 5.41 Å². The molecular formula is C25H28N4O3. The van der Waals surface area contributed by atoms with Crippen molar-refractivity contribution < 1.29 is 14.3 Å². The van der Waals surface area contributed by atoms with Crippen LogP contribution in [0.25, 0.3) is 10.9 Å². The summed E-state index contributed by atoms with van der Waals surface area (Å²) in [4.78, 5) is 24.8. The van der Waals surface area contributed by atoms with Crippen LogP contribution in [0.1, 0.15) is 26.5 Å². The molecule has 3 N–H and O–H groups in total. The summed E-state index contributed by atoms with van der Waals surface area (Å²) in [6, 6.07) is 19.4. The van der Waals surface area contributed by atoms with Gasteiger partial charge in [-0.3, -0.25) is 9.59 Å². The minimum absolute atomic E-state index is 0.0326. The Hall–Kier alpha value is -3.87. The van der Waals surface area contributed by atoms with Crippen LogP contribution >= 0.6 is 0 Å². The predicted molar refractivity (Wildman–Crippen MR) is 127 cm³/mol. The Balaban J connectivity index is 1.61. The number of carbonyl (C=O) groups excluding carboxylic acids is 2. The van der Waals surface area contributed by atoms with E-state index in [0.29, 0.717) is 11.4 Å². The molecule has 0 aliphatic rings. The fraction of sp³-hybridized carbons (Fsp3) is 0.240. The molecule has 3 aromatic rings. The van der Waals surface area contributed by atoms with Crippen LogP contribution in [0.4, 0.5) is 5.69 Å². The van der Waals surface area contributed by atoms with Crippen LogP contribution in [-0.4, -0.2) is 28.8 Å². The molecule has 0 saturated heterocycles. The predicted octanol–water partition coefficient (Wildman–Crippen LogP) is 4.25. The Morgan fingerprint density at radius 1 is 1.03 bits per heavy atom. The molecule has 7 nitrogen and oxygen atoms in total. The zero-order valence-electron chi connectivity index (χ0n) is 18.6. The lowest BCUT2D eigenvalue weighted by Gasteiger charge is -2.15. The molecule has 0 fully saturated rings. The molecule has 1 heterocycles. The standard InChI is InChI=1S/C25H28N4O3/c1-4-21-14-19-10-8-9-13-22(19)29(21)15-24(31)32-16-23(30)28-25(17(2)26)18(3)27-20-11-6-5-7-12-20/h5-14,26-27H,4,15-16H2,1-3H3,(H,28,30)/b25-18+,26-17?. The molecule has 32 heavy (non-hydrogen) atoms. The molecule has 0 saturated carbocycles. The number of hydrogen-bond acceptors (Lipinski definition) is 5. The summed E-state index contributed by atoms with van der Waals surface area (Å²) in [5, 5.41) is 14.9. The lowest BCUT2D eigenvalue weighted by molar-refractivity contribution is -0.148. The summed E-state index contributed by atoms with van der Waals surface area (Å²) in [6.07, 6.45) is 0.781. The molecule has 3 rings (SSSR count). The number of rotatable bonds is 9. The molecule has 166 valence electrons. The number of aromatic nitrogens is 1. The first-order valence-electron chi connectivity index (χ1n) is 10.5. The van der Waals surface area contributed by atoms with Gasteiger partial charge in [-0.25, -0.2) is 0 Å². The average Bonchev–Trinajstić information content (AvgIpc) is 3.14.